The van der Waals surface area contributed by atoms with Crippen LogP contribution >= 0.6 is 0 Å². The fraction of sp³-hybridized carbons (Fsp3) is 0.545. The summed E-state index contributed by atoms with van der Waals surface area (Å²) in [5.74, 6) is -3.26. The van der Waals surface area contributed by atoms with Crippen LogP contribution in [0.2, 0.25) is 0 Å². The van der Waals surface area contributed by atoms with Gasteiger partial charge in [0.1, 0.15) is 18.1 Å². The Morgan fingerprint density at radius 1 is 1.71 bits per heavy atom. The summed E-state index contributed by atoms with van der Waals surface area (Å²) >= 11 is 0. The van der Waals surface area contributed by atoms with Crippen molar-refractivity contribution in [3.63, 3.8) is 0 Å². The predicted molar refractivity (Wildman–Crippen MR) is 64.7 cm³/mol. The van der Waals surface area contributed by atoms with Crippen LogP contribution in [0.4, 0.5) is 10.3 Å². The molecule has 0 aliphatic carbocycles. The zero-order valence-electron chi connectivity index (χ0n) is 10.9. The van der Waals surface area contributed by atoms with Crippen LogP contribution in [0.1, 0.15) is 13.2 Å². The average molecular weight is 300 g/mol. The summed E-state index contributed by atoms with van der Waals surface area (Å²) in [7, 11) is 0. The highest BCUT2D eigenvalue weighted by Gasteiger charge is 2.63. The number of nitrogens with zero attached hydrogens (tertiary/aromatic N) is 3. The zero-order chi connectivity index (χ0) is 15.8. The minimum atomic E-state index is -2.86. The zero-order valence-corrected chi connectivity index (χ0v) is 10.9. The second kappa shape index (κ2) is 5.05. The van der Waals surface area contributed by atoms with E-state index in [-0.39, 0.29) is 0 Å². The van der Waals surface area contributed by atoms with Crippen molar-refractivity contribution in [2.24, 2.45) is 5.41 Å². The number of aromatic nitrogens is 2. The van der Waals surface area contributed by atoms with Gasteiger partial charge in [-0.05, 0) is 6.92 Å². The van der Waals surface area contributed by atoms with Crippen molar-refractivity contribution in [3.05, 3.63) is 22.6 Å². The minimum absolute atomic E-state index is 0.400. The standard InChI is InChI=1S/C11H13FN4O5/c1-10(4-13)7(19)11(12,5-17)21-8(10)16-3-2-6(18)14-9(16)15-20/h2-3,7-8,17,19-20H,5H2,1H3,(H,14,15,18)/t7-,8+,10+,11+/m0/s1. The molecule has 0 amide bonds. The van der Waals surface area contributed by atoms with Gasteiger partial charge < -0.3 is 14.9 Å². The summed E-state index contributed by atoms with van der Waals surface area (Å²) in [5, 5.41) is 37.2. The van der Waals surface area contributed by atoms with Crippen LogP contribution in [0, 0.1) is 16.7 Å². The van der Waals surface area contributed by atoms with E-state index in [0.29, 0.717) is 0 Å². The van der Waals surface area contributed by atoms with Gasteiger partial charge in [0, 0.05) is 12.3 Å². The van der Waals surface area contributed by atoms with Crippen LogP contribution in [0.25, 0.3) is 0 Å². The SMILES string of the molecule is C[C@]1(C#N)[C@H](n2ccc(=O)nc2NO)O[C@](F)(CO)[C@H]1O. The van der Waals surface area contributed by atoms with Crippen LogP contribution < -0.4 is 11.0 Å². The molecule has 1 saturated heterocycles. The maximum Gasteiger partial charge on any atom is 0.274 e. The Balaban J connectivity index is 2.58. The van der Waals surface area contributed by atoms with Crippen molar-refractivity contribution in [3.8, 4) is 6.07 Å². The molecule has 0 bridgehead atoms. The van der Waals surface area contributed by atoms with Gasteiger partial charge in [0.2, 0.25) is 5.95 Å². The highest BCUT2D eigenvalue weighted by Crippen LogP contribution is 2.50. The van der Waals surface area contributed by atoms with Crippen molar-refractivity contribution >= 4 is 5.95 Å². The lowest BCUT2D eigenvalue weighted by molar-refractivity contribution is -0.206. The average Bonchev–Trinajstić information content (AvgIpc) is 2.70. The molecule has 1 fully saturated rings. The smallest absolute Gasteiger partial charge is 0.274 e. The number of ether oxygens (including phenoxy) is 1. The lowest BCUT2D eigenvalue weighted by Gasteiger charge is -2.27. The molecular weight excluding hydrogens is 287 g/mol. The number of nitrogens with one attached hydrogen (secondary N) is 1. The van der Waals surface area contributed by atoms with Crippen molar-refractivity contribution in [1.29, 1.82) is 5.26 Å². The van der Waals surface area contributed by atoms with Gasteiger partial charge in [-0.25, -0.2) is 9.87 Å². The van der Waals surface area contributed by atoms with Crippen molar-refractivity contribution in [2.75, 3.05) is 12.1 Å². The van der Waals surface area contributed by atoms with Crippen LogP contribution in [-0.4, -0.2) is 43.5 Å². The van der Waals surface area contributed by atoms with Gasteiger partial charge in [-0.15, -0.1) is 0 Å². The quantitative estimate of drug-likeness (QED) is 0.527. The number of anilines is 1. The Morgan fingerprint density at radius 2 is 2.38 bits per heavy atom. The van der Waals surface area contributed by atoms with Crippen LogP contribution in [0.15, 0.2) is 17.1 Å². The number of rotatable bonds is 3. The van der Waals surface area contributed by atoms with E-state index in [1.807, 2.05) is 0 Å². The molecule has 1 aliphatic rings. The fourth-order valence-corrected chi connectivity index (χ4v) is 2.23. The van der Waals surface area contributed by atoms with E-state index < -0.39 is 41.7 Å². The van der Waals surface area contributed by atoms with Gasteiger partial charge in [0.05, 0.1) is 6.07 Å². The molecule has 4 N–H and O–H groups in total. The van der Waals surface area contributed by atoms with Gasteiger partial charge in [0.15, 0.2) is 6.23 Å². The molecule has 9 nitrogen and oxygen atoms in total. The molecule has 1 aromatic rings. The Hall–Kier alpha value is -2.06. The van der Waals surface area contributed by atoms with Gasteiger partial charge in [-0.2, -0.15) is 10.2 Å². The second-order valence-electron chi connectivity index (χ2n) is 4.82. The Bertz CT molecular complexity index is 646. The molecule has 1 aliphatic heterocycles. The monoisotopic (exact) mass is 300 g/mol. The first-order valence-electron chi connectivity index (χ1n) is 5.88. The van der Waals surface area contributed by atoms with Gasteiger partial charge >= 0.3 is 0 Å². The molecule has 0 unspecified atom stereocenters. The van der Waals surface area contributed by atoms with E-state index in [0.717, 1.165) is 16.8 Å². The van der Waals surface area contributed by atoms with Crippen LogP contribution in [0.3, 0.4) is 0 Å². The predicted octanol–water partition coefficient (Wildman–Crippen LogP) is -0.878. The number of alkyl halides is 1. The lowest BCUT2D eigenvalue weighted by atomic mass is 9.83. The second-order valence-corrected chi connectivity index (χ2v) is 4.82. The van der Waals surface area contributed by atoms with E-state index >= 15 is 0 Å². The maximum atomic E-state index is 14.3. The highest BCUT2D eigenvalue weighted by molar-refractivity contribution is 5.25. The molecular formula is C11H13FN4O5. The van der Waals surface area contributed by atoms with Gasteiger partial charge in [-0.3, -0.25) is 14.6 Å². The summed E-state index contributed by atoms with van der Waals surface area (Å²) in [4.78, 5) is 14.6. The first-order chi connectivity index (χ1) is 9.82. The molecule has 2 rings (SSSR count). The van der Waals surface area contributed by atoms with Crippen molar-refractivity contribution < 1.29 is 24.5 Å². The number of halogens is 1. The largest absolute Gasteiger partial charge is 0.390 e. The molecule has 0 spiro atoms. The molecule has 1 aromatic heterocycles. The number of aliphatic hydroxyl groups excluding tert-OH is 2. The molecule has 0 radical (unpaired) electrons. The van der Waals surface area contributed by atoms with Crippen LogP contribution in [-0.2, 0) is 4.74 Å². The highest BCUT2D eigenvalue weighted by atomic mass is 19.2. The van der Waals surface area contributed by atoms with E-state index in [4.69, 9.17) is 15.1 Å². The summed E-state index contributed by atoms with van der Waals surface area (Å²) < 4.78 is 20.3. The van der Waals surface area contributed by atoms with Crippen molar-refractivity contribution in [2.45, 2.75) is 25.1 Å². The third-order valence-electron chi connectivity index (χ3n) is 3.44. The van der Waals surface area contributed by atoms with E-state index in [1.165, 1.54) is 6.92 Å². The minimum Gasteiger partial charge on any atom is -0.390 e. The van der Waals surface area contributed by atoms with E-state index in [2.05, 4.69) is 4.98 Å². The van der Waals surface area contributed by atoms with E-state index in [9.17, 15) is 19.6 Å². The molecule has 114 valence electrons. The first-order valence-corrected chi connectivity index (χ1v) is 5.88. The first kappa shape index (κ1) is 15.3. The normalized spacial score (nSPS) is 35.4. The third kappa shape index (κ3) is 2.16. The lowest BCUT2D eigenvalue weighted by Crippen LogP contribution is -2.44. The number of aliphatic hydroxyl groups is 2. The van der Waals surface area contributed by atoms with E-state index in [1.54, 1.807) is 11.5 Å². The fourth-order valence-electron chi connectivity index (χ4n) is 2.23. The molecule has 4 atom stereocenters. The summed E-state index contributed by atoms with van der Waals surface area (Å²) in [6, 6.07) is 2.74. The van der Waals surface area contributed by atoms with Gasteiger partial charge in [0.25, 0.3) is 11.4 Å². The third-order valence-corrected chi connectivity index (χ3v) is 3.44. The Labute approximate surface area is 117 Å². The summed E-state index contributed by atoms with van der Waals surface area (Å²) in [6.45, 7) is 0.0516. The number of nitriles is 1. The maximum absolute atomic E-state index is 14.3. The summed E-state index contributed by atoms with van der Waals surface area (Å²) in [5.41, 5.74) is -0.847. The summed E-state index contributed by atoms with van der Waals surface area (Å²) in [6.07, 6.45) is -2.27. The molecule has 2 heterocycles. The van der Waals surface area contributed by atoms with Crippen molar-refractivity contribution in [1.82, 2.24) is 9.55 Å². The number of hydrogen-bond acceptors (Lipinski definition) is 8. The molecule has 0 saturated carbocycles. The Morgan fingerprint density at radius 3 is 2.90 bits per heavy atom. The molecule has 10 heteroatoms. The van der Waals surface area contributed by atoms with Gasteiger partial charge in [-0.1, -0.05) is 0 Å². The molecule has 21 heavy (non-hydrogen) atoms. The number of hydrogen-bond donors (Lipinski definition) is 4. The molecule has 0 aromatic carbocycles. The topological polar surface area (TPSA) is 141 Å². The van der Waals surface area contributed by atoms with Crippen LogP contribution in [0.5, 0.6) is 0 Å². The Kier molecular flexibility index (Phi) is 3.68.